The first-order valence-corrected chi connectivity index (χ1v) is 6.89. The van der Waals surface area contributed by atoms with E-state index in [1.807, 2.05) is 39.0 Å². The Labute approximate surface area is 118 Å². The second-order valence-corrected chi connectivity index (χ2v) is 5.55. The zero-order valence-electron chi connectivity index (χ0n) is 12.1. The zero-order chi connectivity index (χ0) is 14.7. The molecule has 108 valence electrons. The molecule has 2 rings (SSSR count). The molecule has 2 aromatic rings. The largest absolute Gasteiger partial charge is 0.464 e. The average molecular weight is 275 g/mol. The van der Waals surface area contributed by atoms with Crippen LogP contribution in [-0.2, 0) is 11.2 Å². The Hall–Kier alpha value is -1.81. The second kappa shape index (κ2) is 6.09. The van der Waals surface area contributed by atoms with Gasteiger partial charge in [0, 0.05) is 17.5 Å². The Morgan fingerprint density at radius 2 is 2.15 bits per heavy atom. The third-order valence-corrected chi connectivity index (χ3v) is 3.44. The van der Waals surface area contributed by atoms with Gasteiger partial charge in [-0.1, -0.05) is 26.0 Å². The Morgan fingerprint density at radius 3 is 2.85 bits per heavy atom. The minimum Gasteiger partial charge on any atom is -0.464 e. The van der Waals surface area contributed by atoms with E-state index in [-0.39, 0.29) is 24.8 Å². The van der Waals surface area contributed by atoms with Crippen molar-refractivity contribution in [1.29, 1.82) is 0 Å². The number of carbonyl (C=O) groups excluding carboxylic acids is 1. The molecule has 1 amide bonds. The van der Waals surface area contributed by atoms with E-state index >= 15 is 0 Å². The highest BCUT2D eigenvalue weighted by atomic mass is 16.3. The highest BCUT2D eigenvalue weighted by Gasteiger charge is 2.13. The van der Waals surface area contributed by atoms with Crippen molar-refractivity contribution in [3.8, 4) is 0 Å². The average Bonchev–Trinajstić information content (AvgIpc) is 2.78. The van der Waals surface area contributed by atoms with Gasteiger partial charge >= 0.3 is 0 Å². The van der Waals surface area contributed by atoms with Crippen LogP contribution in [0.1, 0.15) is 25.0 Å². The molecule has 0 bridgehead atoms. The number of aryl methyl sites for hydroxylation is 1. The van der Waals surface area contributed by atoms with Gasteiger partial charge in [0.2, 0.25) is 5.91 Å². The predicted octanol–water partition coefficient (Wildman–Crippen LogP) is 2.42. The van der Waals surface area contributed by atoms with Crippen LogP contribution in [0.25, 0.3) is 11.0 Å². The van der Waals surface area contributed by atoms with E-state index in [1.54, 1.807) is 6.26 Å². The van der Waals surface area contributed by atoms with Crippen LogP contribution in [-0.4, -0.2) is 23.7 Å². The van der Waals surface area contributed by atoms with Crippen molar-refractivity contribution < 1.29 is 14.3 Å². The first-order chi connectivity index (χ1) is 9.47. The van der Waals surface area contributed by atoms with Gasteiger partial charge in [0.15, 0.2) is 0 Å². The Kier molecular flexibility index (Phi) is 4.45. The van der Waals surface area contributed by atoms with Crippen LogP contribution in [0.5, 0.6) is 0 Å². The fourth-order valence-electron chi connectivity index (χ4n) is 2.02. The van der Waals surface area contributed by atoms with Crippen molar-refractivity contribution in [3.05, 3.63) is 35.6 Å². The van der Waals surface area contributed by atoms with Gasteiger partial charge in [-0.2, -0.15) is 0 Å². The minimum atomic E-state index is -0.511. The first kappa shape index (κ1) is 14.6. The van der Waals surface area contributed by atoms with E-state index in [1.165, 1.54) is 0 Å². The summed E-state index contributed by atoms with van der Waals surface area (Å²) in [4.78, 5) is 11.9. The maximum Gasteiger partial charge on any atom is 0.224 e. The van der Waals surface area contributed by atoms with E-state index in [2.05, 4.69) is 5.32 Å². The Morgan fingerprint density at radius 1 is 1.40 bits per heavy atom. The smallest absolute Gasteiger partial charge is 0.224 e. The monoisotopic (exact) mass is 275 g/mol. The van der Waals surface area contributed by atoms with E-state index < -0.39 is 6.10 Å². The molecular formula is C16H21NO3. The maximum atomic E-state index is 11.9. The molecular weight excluding hydrogens is 254 g/mol. The lowest BCUT2D eigenvalue weighted by molar-refractivity contribution is -0.121. The Balaban J connectivity index is 2.00. The number of benzene rings is 1. The first-order valence-electron chi connectivity index (χ1n) is 6.89. The number of aliphatic hydroxyl groups is 1. The number of fused-ring (bicyclic) bond motifs is 1. The molecule has 0 fully saturated rings. The maximum absolute atomic E-state index is 11.9. The number of amides is 1. The summed E-state index contributed by atoms with van der Waals surface area (Å²) in [5, 5.41) is 13.4. The lowest BCUT2D eigenvalue weighted by atomic mass is 10.1. The fraction of sp³-hybridized carbons (Fsp3) is 0.438. The third kappa shape index (κ3) is 3.39. The standard InChI is InChI=1S/C16H21NO3/c1-10(2)14(18)8-17-16(19)7-12-9-20-15-6-11(3)4-5-13(12)15/h4-6,9-10,14,18H,7-8H2,1-3H3,(H,17,19). The van der Waals surface area contributed by atoms with E-state index in [4.69, 9.17) is 4.42 Å². The van der Waals surface area contributed by atoms with Crippen molar-refractivity contribution in [1.82, 2.24) is 5.32 Å². The van der Waals surface area contributed by atoms with Gasteiger partial charge in [-0.3, -0.25) is 4.79 Å². The topological polar surface area (TPSA) is 62.5 Å². The molecule has 1 atom stereocenters. The predicted molar refractivity (Wildman–Crippen MR) is 78.5 cm³/mol. The molecule has 4 nitrogen and oxygen atoms in total. The third-order valence-electron chi connectivity index (χ3n) is 3.44. The second-order valence-electron chi connectivity index (χ2n) is 5.55. The molecule has 0 saturated heterocycles. The number of hydrogen-bond acceptors (Lipinski definition) is 3. The summed E-state index contributed by atoms with van der Waals surface area (Å²) in [5.41, 5.74) is 2.80. The molecule has 0 aliphatic rings. The molecule has 1 aromatic heterocycles. The quantitative estimate of drug-likeness (QED) is 0.881. The summed E-state index contributed by atoms with van der Waals surface area (Å²) in [7, 11) is 0. The van der Waals surface area contributed by atoms with Crippen LogP contribution in [0.3, 0.4) is 0 Å². The van der Waals surface area contributed by atoms with Crippen LogP contribution >= 0.6 is 0 Å². The van der Waals surface area contributed by atoms with E-state index in [9.17, 15) is 9.90 Å². The number of carbonyl (C=O) groups is 1. The van der Waals surface area contributed by atoms with Crippen molar-refractivity contribution in [2.45, 2.75) is 33.3 Å². The van der Waals surface area contributed by atoms with Gasteiger partial charge in [-0.05, 0) is 24.5 Å². The normalized spacial score (nSPS) is 12.8. The summed E-state index contributed by atoms with van der Waals surface area (Å²) >= 11 is 0. The molecule has 0 radical (unpaired) electrons. The molecule has 0 saturated carbocycles. The number of furan rings is 1. The van der Waals surface area contributed by atoms with E-state index in [0.717, 1.165) is 22.1 Å². The van der Waals surface area contributed by atoms with Gasteiger partial charge in [-0.15, -0.1) is 0 Å². The van der Waals surface area contributed by atoms with E-state index in [0.29, 0.717) is 0 Å². The van der Waals surface area contributed by atoms with Crippen LogP contribution in [0.15, 0.2) is 28.9 Å². The van der Waals surface area contributed by atoms with Crippen LogP contribution in [0.2, 0.25) is 0 Å². The molecule has 20 heavy (non-hydrogen) atoms. The number of nitrogens with one attached hydrogen (secondary N) is 1. The molecule has 4 heteroatoms. The summed E-state index contributed by atoms with van der Waals surface area (Å²) in [6, 6.07) is 5.93. The van der Waals surface area contributed by atoms with Gasteiger partial charge < -0.3 is 14.8 Å². The summed E-state index contributed by atoms with van der Waals surface area (Å²) in [6.07, 6.45) is 1.38. The zero-order valence-corrected chi connectivity index (χ0v) is 12.1. The molecule has 0 spiro atoms. The van der Waals surface area contributed by atoms with Gasteiger partial charge in [0.25, 0.3) is 0 Å². The summed E-state index contributed by atoms with van der Waals surface area (Å²) in [6.45, 7) is 6.12. The lowest BCUT2D eigenvalue weighted by Gasteiger charge is -2.14. The number of hydrogen-bond donors (Lipinski definition) is 2. The Bertz CT molecular complexity index is 601. The number of aliphatic hydroxyl groups excluding tert-OH is 1. The number of rotatable bonds is 5. The molecule has 0 aliphatic heterocycles. The van der Waals surface area contributed by atoms with Gasteiger partial charge in [-0.25, -0.2) is 0 Å². The van der Waals surface area contributed by atoms with Crippen molar-refractivity contribution >= 4 is 16.9 Å². The summed E-state index contributed by atoms with van der Waals surface area (Å²) in [5.74, 6) is 0.0287. The SMILES string of the molecule is Cc1ccc2c(CC(=O)NCC(O)C(C)C)coc2c1. The molecule has 1 heterocycles. The van der Waals surface area contributed by atoms with Crippen LogP contribution < -0.4 is 5.32 Å². The minimum absolute atomic E-state index is 0.104. The van der Waals surface area contributed by atoms with Gasteiger partial charge in [0.05, 0.1) is 18.8 Å². The van der Waals surface area contributed by atoms with Crippen LogP contribution in [0, 0.1) is 12.8 Å². The molecule has 1 aromatic carbocycles. The van der Waals surface area contributed by atoms with Gasteiger partial charge in [0.1, 0.15) is 5.58 Å². The molecule has 1 unspecified atom stereocenters. The lowest BCUT2D eigenvalue weighted by Crippen LogP contribution is -2.35. The van der Waals surface area contributed by atoms with Crippen molar-refractivity contribution in [3.63, 3.8) is 0 Å². The molecule has 2 N–H and O–H groups in total. The van der Waals surface area contributed by atoms with Crippen LogP contribution in [0.4, 0.5) is 0 Å². The summed E-state index contributed by atoms with van der Waals surface area (Å²) < 4.78 is 5.47. The highest BCUT2D eigenvalue weighted by Crippen LogP contribution is 2.22. The highest BCUT2D eigenvalue weighted by molar-refractivity contribution is 5.87. The van der Waals surface area contributed by atoms with Crippen molar-refractivity contribution in [2.75, 3.05) is 6.54 Å². The van der Waals surface area contributed by atoms with Crippen molar-refractivity contribution in [2.24, 2.45) is 5.92 Å². The fourth-order valence-corrected chi connectivity index (χ4v) is 2.02. The molecule has 0 aliphatic carbocycles.